The highest BCUT2D eigenvalue weighted by Crippen LogP contribution is 2.22. The minimum atomic E-state index is -1.09. The molecule has 0 saturated carbocycles. The van der Waals surface area contributed by atoms with Gasteiger partial charge in [-0.3, -0.25) is 9.78 Å². The first-order valence-corrected chi connectivity index (χ1v) is 8.46. The summed E-state index contributed by atoms with van der Waals surface area (Å²) < 4.78 is 6.75. The number of ether oxygens (including phenoxy) is 1. The molecule has 4 rings (SSSR count). The molecular formula is C18H17N5O4. The summed E-state index contributed by atoms with van der Waals surface area (Å²) in [6.07, 6.45) is 0.671. The fourth-order valence-electron chi connectivity index (χ4n) is 3.15. The summed E-state index contributed by atoms with van der Waals surface area (Å²) in [5.41, 5.74) is 2.23. The highest BCUT2D eigenvalue weighted by molar-refractivity contribution is 5.94. The summed E-state index contributed by atoms with van der Waals surface area (Å²) in [5, 5.41) is 18.3. The topological polar surface area (TPSA) is 110 Å². The Bertz CT molecular complexity index is 1030. The number of aliphatic carboxylic acids is 1. The van der Waals surface area contributed by atoms with Crippen molar-refractivity contribution < 1.29 is 19.4 Å². The van der Waals surface area contributed by atoms with Gasteiger partial charge in [-0.15, -0.1) is 5.10 Å². The third-order valence-corrected chi connectivity index (χ3v) is 4.57. The quantitative estimate of drug-likeness (QED) is 0.736. The van der Waals surface area contributed by atoms with Crippen LogP contribution in [0.15, 0.2) is 36.5 Å². The Balaban J connectivity index is 1.68. The number of carboxylic acid groups (broad SMARTS) is 1. The van der Waals surface area contributed by atoms with Gasteiger partial charge < -0.3 is 14.7 Å². The minimum Gasteiger partial charge on any atom is -0.479 e. The Kier molecular flexibility index (Phi) is 4.28. The number of pyridine rings is 1. The smallest absolute Gasteiger partial charge is 0.334 e. The number of amides is 1. The molecule has 9 heteroatoms. The summed E-state index contributed by atoms with van der Waals surface area (Å²) in [4.78, 5) is 29.8. The van der Waals surface area contributed by atoms with E-state index in [1.54, 1.807) is 17.8 Å². The van der Waals surface area contributed by atoms with Gasteiger partial charge in [0.2, 0.25) is 0 Å². The second kappa shape index (κ2) is 6.76. The molecule has 0 aliphatic carbocycles. The van der Waals surface area contributed by atoms with Crippen LogP contribution in [-0.2, 0) is 9.53 Å². The molecule has 1 N–H and O–H groups in total. The summed E-state index contributed by atoms with van der Waals surface area (Å²) in [5.74, 6) is -1.45. The number of aromatic nitrogens is 4. The molecule has 1 aliphatic heterocycles. The number of hydrogen-bond acceptors (Lipinski definition) is 6. The van der Waals surface area contributed by atoms with Crippen molar-refractivity contribution in [2.75, 3.05) is 19.7 Å². The Labute approximate surface area is 154 Å². The maximum Gasteiger partial charge on any atom is 0.334 e. The molecule has 1 atom stereocenters. The van der Waals surface area contributed by atoms with E-state index < -0.39 is 12.1 Å². The number of fused-ring (bicyclic) bond motifs is 1. The standard InChI is InChI=1S/C18H17N5O4/c1-11-15(17(24)22-8-9-27-14(10-22)18(25)26)20-21-23(11)13-6-2-4-12-5-3-7-19-16(12)13/h2-7,14H,8-10H2,1H3,(H,25,26)/t14-/m0/s1. The van der Waals surface area contributed by atoms with Gasteiger partial charge in [0.25, 0.3) is 5.91 Å². The number of nitrogens with zero attached hydrogens (tertiary/aromatic N) is 5. The number of carbonyl (C=O) groups is 2. The van der Waals surface area contributed by atoms with Crippen molar-refractivity contribution in [2.45, 2.75) is 13.0 Å². The maximum absolute atomic E-state index is 12.8. The first-order valence-electron chi connectivity index (χ1n) is 8.46. The molecule has 0 spiro atoms. The van der Waals surface area contributed by atoms with Crippen molar-refractivity contribution in [3.63, 3.8) is 0 Å². The molecule has 0 bridgehead atoms. The van der Waals surface area contributed by atoms with E-state index in [4.69, 9.17) is 9.84 Å². The van der Waals surface area contributed by atoms with Crippen molar-refractivity contribution in [3.05, 3.63) is 47.9 Å². The second-order valence-corrected chi connectivity index (χ2v) is 6.24. The predicted molar refractivity (Wildman–Crippen MR) is 94.7 cm³/mol. The molecule has 0 radical (unpaired) electrons. The van der Waals surface area contributed by atoms with E-state index in [9.17, 15) is 9.59 Å². The third kappa shape index (κ3) is 3.02. The molecule has 138 valence electrons. The maximum atomic E-state index is 12.8. The molecule has 0 unspecified atom stereocenters. The zero-order valence-electron chi connectivity index (χ0n) is 14.6. The van der Waals surface area contributed by atoms with Crippen LogP contribution < -0.4 is 0 Å². The van der Waals surface area contributed by atoms with Gasteiger partial charge in [0.1, 0.15) is 0 Å². The molecule has 2 aromatic heterocycles. The Hall–Kier alpha value is -3.33. The number of carbonyl (C=O) groups excluding carboxylic acids is 1. The Morgan fingerprint density at radius 3 is 2.89 bits per heavy atom. The van der Waals surface area contributed by atoms with Crippen LogP contribution in [0.5, 0.6) is 0 Å². The van der Waals surface area contributed by atoms with Gasteiger partial charge in [-0.05, 0) is 19.1 Å². The SMILES string of the molecule is Cc1c(C(=O)N2CCO[C@H](C(=O)O)C2)nnn1-c1cccc2cccnc12. The van der Waals surface area contributed by atoms with Gasteiger partial charge >= 0.3 is 5.97 Å². The van der Waals surface area contributed by atoms with Gasteiger partial charge in [-0.25, -0.2) is 9.48 Å². The average Bonchev–Trinajstić information content (AvgIpc) is 3.08. The molecule has 1 aliphatic rings. The largest absolute Gasteiger partial charge is 0.479 e. The van der Waals surface area contributed by atoms with E-state index in [1.807, 2.05) is 30.3 Å². The van der Waals surface area contributed by atoms with Gasteiger partial charge in [0.15, 0.2) is 11.8 Å². The summed E-state index contributed by atoms with van der Waals surface area (Å²) in [6, 6.07) is 9.50. The molecule has 3 heterocycles. The van der Waals surface area contributed by atoms with Crippen LogP contribution >= 0.6 is 0 Å². The van der Waals surface area contributed by atoms with Crippen molar-refractivity contribution in [3.8, 4) is 5.69 Å². The van der Waals surface area contributed by atoms with E-state index in [2.05, 4.69) is 15.3 Å². The van der Waals surface area contributed by atoms with Crippen LogP contribution in [0.2, 0.25) is 0 Å². The molecule has 1 amide bonds. The first kappa shape index (κ1) is 17.1. The summed E-state index contributed by atoms with van der Waals surface area (Å²) >= 11 is 0. The molecular weight excluding hydrogens is 350 g/mol. The zero-order chi connectivity index (χ0) is 19.0. The highest BCUT2D eigenvalue weighted by Gasteiger charge is 2.31. The molecule has 3 aromatic rings. The fraction of sp³-hybridized carbons (Fsp3) is 0.278. The molecule has 9 nitrogen and oxygen atoms in total. The van der Waals surface area contributed by atoms with Gasteiger partial charge in [-0.1, -0.05) is 23.4 Å². The number of benzene rings is 1. The van der Waals surface area contributed by atoms with Crippen LogP contribution in [0, 0.1) is 6.92 Å². The van der Waals surface area contributed by atoms with Gasteiger partial charge in [0.05, 0.1) is 30.0 Å². The molecule has 1 aromatic carbocycles. The van der Waals surface area contributed by atoms with Crippen molar-refractivity contribution in [2.24, 2.45) is 0 Å². The normalized spacial score (nSPS) is 17.2. The van der Waals surface area contributed by atoms with E-state index in [1.165, 1.54) is 4.90 Å². The number of morpholine rings is 1. The summed E-state index contributed by atoms with van der Waals surface area (Å²) in [6.45, 7) is 2.22. The van der Waals surface area contributed by atoms with Crippen LogP contribution in [0.25, 0.3) is 16.6 Å². The van der Waals surface area contributed by atoms with Crippen LogP contribution in [0.1, 0.15) is 16.2 Å². The van der Waals surface area contributed by atoms with E-state index in [0.717, 1.165) is 16.6 Å². The Morgan fingerprint density at radius 1 is 1.26 bits per heavy atom. The van der Waals surface area contributed by atoms with E-state index in [-0.39, 0.29) is 24.8 Å². The first-order chi connectivity index (χ1) is 13.1. The highest BCUT2D eigenvalue weighted by atomic mass is 16.5. The lowest BCUT2D eigenvalue weighted by molar-refractivity contribution is -0.154. The predicted octanol–water partition coefficient (Wildman–Crippen LogP) is 1.05. The van der Waals surface area contributed by atoms with Crippen molar-refractivity contribution >= 4 is 22.8 Å². The number of rotatable bonds is 3. The monoisotopic (exact) mass is 367 g/mol. The van der Waals surface area contributed by atoms with Gasteiger partial charge in [-0.2, -0.15) is 0 Å². The van der Waals surface area contributed by atoms with Crippen LogP contribution in [-0.4, -0.2) is 67.7 Å². The number of para-hydroxylation sites is 1. The lowest BCUT2D eigenvalue weighted by Gasteiger charge is -2.30. The number of carboxylic acids is 1. The molecule has 1 saturated heterocycles. The van der Waals surface area contributed by atoms with Gasteiger partial charge in [0, 0.05) is 18.1 Å². The van der Waals surface area contributed by atoms with E-state index in [0.29, 0.717) is 12.2 Å². The average molecular weight is 367 g/mol. The van der Waals surface area contributed by atoms with Crippen molar-refractivity contribution in [1.29, 1.82) is 0 Å². The molecule has 27 heavy (non-hydrogen) atoms. The van der Waals surface area contributed by atoms with E-state index >= 15 is 0 Å². The minimum absolute atomic E-state index is 0.0176. The molecule has 1 fully saturated rings. The third-order valence-electron chi connectivity index (χ3n) is 4.57. The lowest BCUT2D eigenvalue weighted by Crippen LogP contribution is -2.48. The van der Waals surface area contributed by atoms with Crippen molar-refractivity contribution in [1.82, 2.24) is 24.9 Å². The second-order valence-electron chi connectivity index (χ2n) is 6.24. The Morgan fingerprint density at radius 2 is 2.07 bits per heavy atom. The zero-order valence-corrected chi connectivity index (χ0v) is 14.6. The number of hydrogen-bond donors (Lipinski definition) is 1. The van der Waals surface area contributed by atoms with Crippen LogP contribution in [0.4, 0.5) is 0 Å². The summed E-state index contributed by atoms with van der Waals surface area (Å²) in [7, 11) is 0. The van der Waals surface area contributed by atoms with Crippen LogP contribution in [0.3, 0.4) is 0 Å². The lowest BCUT2D eigenvalue weighted by atomic mass is 10.2. The fourth-order valence-corrected chi connectivity index (χ4v) is 3.15.